The Morgan fingerprint density at radius 3 is 2.32 bits per heavy atom. The van der Waals surface area contributed by atoms with Gasteiger partial charge in [-0.15, -0.1) is 0 Å². The fourth-order valence-electron chi connectivity index (χ4n) is 1.42. The predicted molar refractivity (Wildman–Crippen MR) is 66.0 cm³/mol. The number of alkyl halides is 3. The second kappa shape index (κ2) is 6.77. The molecule has 19 heavy (non-hydrogen) atoms. The van der Waals surface area contributed by atoms with Gasteiger partial charge in [0.25, 0.3) is 0 Å². The van der Waals surface area contributed by atoms with Crippen LogP contribution in [-0.2, 0) is 6.42 Å². The lowest BCUT2D eigenvalue weighted by molar-refractivity contribution is -0.210. The number of benzene rings is 1. The zero-order valence-electron chi connectivity index (χ0n) is 10.7. The molecule has 0 radical (unpaired) electrons. The van der Waals surface area contributed by atoms with Crippen LogP contribution in [0.25, 0.3) is 0 Å². The fourth-order valence-corrected chi connectivity index (χ4v) is 1.42. The van der Waals surface area contributed by atoms with Gasteiger partial charge in [0.05, 0.1) is 0 Å². The summed E-state index contributed by atoms with van der Waals surface area (Å²) in [7, 11) is 0. The summed E-state index contributed by atoms with van der Waals surface area (Å²) >= 11 is 0. The molecule has 2 unspecified atom stereocenters. The molecule has 0 aromatic heterocycles. The maximum absolute atomic E-state index is 12.1. The zero-order chi connectivity index (χ0) is 14.5. The van der Waals surface area contributed by atoms with E-state index in [9.17, 15) is 13.2 Å². The quantitative estimate of drug-likeness (QED) is 0.838. The number of hydrogen-bond acceptors (Lipinski definition) is 3. The summed E-state index contributed by atoms with van der Waals surface area (Å²) in [5, 5.41) is 8.78. The third kappa shape index (κ3) is 5.94. The molecular formula is C13H18F3NO2. The lowest BCUT2D eigenvalue weighted by Gasteiger charge is -2.15. The Kier molecular flexibility index (Phi) is 5.62. The van der Waals surface area contributed by atoms with Gasteiger partial charge in [-0.2, -0.15) is 13.2 Å². The van der Waals surface area contributed by atoms with E-state index in [1.54, 1.807) is 24.3 Å². The molecular weight excluding hydrogens is 259 g/mol. The molecule has 0 amide bonds. The molecule has 0 saturated heterocycles. The zero-order valence-corrected chi connectivity index (χ0v) is 10.7. The summed E-state index contributed by atoms with van der Waals surface area (Å²) in [6.07, 6.45) is -5.47. The van der Waals surface area contributed by atoms with Gasteiger partial charge in [-0.05, 0) is 37.5 Å². The minimum atomic E-state index is -4.66. The van der Waals surface area contributed by atoms with Gasteiger partial charge in [-0.3, -0.25) is 0 Å². The number of ether oxygens (including phenoxy) is 1. The Morgan fingerprint density at radius 1 is 1.26 bits per heavy atom. The molecule has 2 atom stereocenters. The van der Waals surface area contributed by atoms with Crippen molar-refractivity contribution in [2.45, 2.75) is 38.1 Å². The van der Waals surface area contributed by atoms with Crippen molar-refractivity contribution in [2.24, 2.45) is 5.73 Å². The second-order valence-electron chi connectivity index (χ2n) is 4.53. The molecule has 0 aliphatic carbocycles. The van der Waals surface area contributed by atoms with E-state index in [0.29, 0.717) is 5.75 Å². The van der Waals surface area contributed by atoms with E-state index >= 15 is 0 Å². The highest BCUT2D eigenvalue weighted by Gasteiger charge is 2.38. The van der Waals surface area contributed by atoms with Crippen molar-refractivity contribution in [2.75, 3.05) is 6.61 Å². The lowest BCUT2D eigenvalue weighted by atomic mass is 10.1. The highest BCUT2D eigenvalue weighted by molar-refractivity contribution is 5.27. The highest BCUT2D eigenvalue weighted by Crippen LogP contribution is 2.21. The molecule has 0 fully saturated rings. The van der Waals surface area contributed by atoms with E-state index in [2.05, 4.69) is 0 Å². The van der Waals surface area contributed by atoms with E-state index in [0.717, 1.165) is 18.4 Å². The first kappa shape index (κ1) is 15.8. The molecule has 1 rings (SSSR count). The summed E-state index contributed by atoms with van der Waals surface area (Å²) in [5.41, 5.74) is 6.68. The van der Waals surface area contributed by atoms with E-state index in [4.69, 9.17) is 15.6 Å². The molecule has 3 nitrogen and oxygen atoms in total. The third-order valence-electron chi connectivity index (χ3n) is 2.60. The smallest absolute Gasteiger partial charge is 0.417 e. The topological polar surface area (TPSA) is 55.5 Å². The third-order valence-corrected chi connectivity index (χ3v) is 2.60. The van der Waals surface area contributed by atoms with Crippen molar-refractivity contribution in [3.05, 3.63) is 29.8 Å². The fraction of sp³-hybridized carbons (Fsp3) is 0.538. The lowest BCUT2D eigenvalue weighted by Crippen LogP contribution is -2.34. The van der Waals surface area contributed by atoms with Gasteiger partial charge < -0.3 is 15.6 Å². The number of aliphatic hydroxyl groups excluding tert-OH is 1. The molecule has 6 heteroatoms. The van der Waals surface area contributed by atoms with Crippen molar-refractivity contribution >= 4 is 0 Å². The number of nitrogens with two attached hydrogens (primary N) is 1. The van der Waals surface area contributed by atoms with Crippen LogP contribution >= 0.6 is 0 Å². The van der Waals surface area contributed by atoms with Gasteiger partial charge in [0.1, 0.15) is 12.4 Å². The van der Waals surface area contributed by atoms with Crippen molar-refractivity contribution in [1.29, 1.82) is 0 Å². The van der Waals surface area contributed by atoms with Crippen LogP contribution in [0, 0.1) is 0 Å². The Bertz CT molecular complexity index is 376. The van der Waals surface area contributed by atoms with Crippen LogP contribution < -0.4 is 10.5 Å². The number of hydrogen-bond donors (Lipinski definition) is 2. The van der Waals surface area contributed by atoms with E-state index < -0.39 is 18.9 Å². The van der Waals surface area contributed by atoms with Crippen molar-refractivity contribution in [3.63, 3.8) is 0 Å². The van der Waals surface area contributed by atoms with Crippen LogP contribution in [0.3, 0.4) is 0 Å². The van der Waals surface area contributed by atoms with Gasteiger partial charge in [-0.25, -0.2) is 0 Å². The van der Waals surface area contributed by atoms with Crippen molar-refractivity contribution in [1.82, 2.24) is 0 Å². The van der Waals surface area contributed by atoms with Gasteiger partial charge >= 0.3 is 6.18 Å². The van der Waals surface area contributed by atoms with Gasteiger partial charge in [0.15, 0.2) is 6.10 Å². The molecule has 3 N–H and O–H groups in total. The molecule has 0 spiro atoms. The summed E-state index contributed by atoms with van der Waals surface area (Å²) < 4.78 is 41.0. The van der Waals surface area contributed by atoms with Gasteiger partial charge in [0, 0.05) is 6.04 Å². The van der Waals surface area contributed by atoms with Crippen LogP contribution in [0.4, 0.5) is 13.2 Å². The van der Waals surface area contributed by atoms with Crippen LogP contribution in [0.2, 0.25) is 0 Å². The monoisotopic (exact) mass is 277 g/mol. The number of halogens is 3. The number of rotatable bonds is 6. The average Bonchev–Trinajstić information content (AvgIpc) is 2.33. The van der Waals surface area contributed by atoms with E-state index in [-0.39, 0.29) is 6.04 Å². The molecule has 1 aromatic carbocycles. The van der Waals surface area contributed by atoms with Gasteiger partial charge in [-0.1, -0.05) is 12.1 Å². The first-order valence-electron chi connectivity index (χ1n) is 6.01. The molecule has 0 aliphatic rings. The molecule has 0 heterocycles. The van der Waals surface area contributed by atoms with Crippen molar-refractivity contribution in [3.8, 4) is 5.75 Å². The highest BCUT2D eigenvalue weighted by atomic mass is 19.4. The summed E-state index contributed by atoms with van der Waals surface area (Å²) in [6.45, 7) is 1.11. The standard InChI is InChI=1S/C13H18F3NO2/c1-9(17)2-3-10-4-6-11(7-5-10)19-8-12(18)13(14,15)16/h4-7,9,12,18H,2-3,8,17H2,1H3. The Morgan fingerprint density at radius 2 is 1.84 bits per heavy atom. The first-order valence-corrected chi connectivity index (χ1v) is 6.01. The largest absolute Gasteiger partial charge is 0.491 e. The summed E-state index contributed by atoms with van der Waals surface area (Å²) in [6, 6.07) is 6.83. The van der Waals surface area contributed by atoms with Crippen LogP contribution in [0.15, 0.2) is 24.3 Å². The maximum Gasteiger partial charge on any atom is 0.417 e. The van der Waals surface area contributed by atoms with Crippen LogP contribution in [-0.4, -0.2) is 30.0 Å². The van der Waals surface area contributed by atoms with Gasteiger partial charge in [0.2, 0.25) is 0 Å². The number of aryl methyl sites for hydroxylation is 1. The molecule has 1 aromatic rings. The SMILES string of the molecule is CC(N)CCc1ccc(OCC(O)C(F)(F)F)cc1. The van der Waals surface area contributed by atoms with Crippen LogP contribution in [0.5, 0.6) is 5.75 Å². The van der Waals surface area contributed by atoms with Crippen molar-refractivity contribution < 1.29 is 23.0 Å². The van der Waals surface area contributed by atoms with Crippen LogP contribution in [0.1, 0.15) is 18.9 Å². The molecule has 0 bridgehead atoms. The number of aliphatic hydroxyl groups is 1. The average molecular weight is 277 g/mol. The molecule has 0 saturated carbocycles. The normalized spacial score (nSPS) is 15.1. The van der Waals surface area contributed by atoms with E-state index in [1.807, 2.05) is 6.92 Å². The Labute approximate surface area is 110 Å². The predicted octanol–water partition coefficient (Wildman–Crippen LogP) is 2.27. The Balaban J connectivity index is 2.44. The molecule has 0 aliphatic heterocycles. The minimum absolute atomic E-state index is 0.109. The summed E-state index contributed by atoms with van der Waals surface area (Å²) in [5.74, 6) is 0.299. The minimum Gasteiger partial charge on any atom is -0.491 e. The maximum atomic E-state index is 12.1. The molecule has 108 valence electrons. The Hall–Kier alpha value is -1.27. The summed E-state index contributed by atoms with van der Waals surface area (Å²) in [4.78, 5) is 0. The second-order valence-corrected chi connectivity index (χ2v) is 4.53. The first-order chi connectivity index (χ1) is 8.79. The van der Waals surface area contributed by atoms with E-state index in [1.165, 1.54) is 0 Å².